The SMILES string of the molecule is COc1cc(/C=C\c2ccc(OC)c(O)c2)cc(OC)c1. The number of phenols is 1. The van der Waals surface area contributed by atoms with Crippen molar-refractivity contribution in [2.24, 2.45) is 0 Å². The highest BCUT2D eigenvalue weighted by atomic mass is 16.5. The lowest BCUT2D eigenvalue weighted by atomic mass is 10.1. The second kappa shape index (κ2) is 6.70. The van der Waals surface area contributed by atoms with E-state index in [0.29, 0.717) is 5.75 Å². The number of hydrogen-bond acceptors (Lipinski definition) is 4. The van der Waals surface area contributed by atoms with E-state index in [1.54, 1.807) is 26.4 Å². The van der Waals surface area contributed by atoms with Crippen LogP contribution in [0.5, 0.6) is 23.0 Å². The average Bonchev–Trinajstić information content (AvgIpc) is 2.52. The zero-order valence-corrected chi connectivity index (χ0v) is 12.3. The van der Waals surface area contributed by atoms with Crippen LogP contribution >= 0.6 is 0 Å². The number of methoxy groups -OCH3 is 3. The van der Waals surface area contributed by atoms with Gasteiger partial charge in [-0.2, -0.15) is 0 Å². The van der Waals surface area contributed by atoms with Gasteiger partial charge in [0, 0.05) is 6.07 Å². The summed E-state index contributed by atoms with van der Waals surface area (Å²) in [7, 11) is 4.75. The van der Waals surface area contributed by atoms with Crippen LogP contribution in [0.25, 0.3) is 12.2 Å². The fraction of sp³-hybridized carbons (Fsp3) is 0.176. The molecule has 0 amide bonds. The maximum Gasteiger partial charge on any atom is 0.160 e. The first kappa shape index (κ1) is 14.8. The van der Waals surface area contributed by atoms with Crippen LogP contribution in [0.4, 0.5) is 0 Å². The van der Waals surface area contributed by atoms with Crippen LogP contribution in [-0.2, 0) is 0 Å². The van der Waals surface area contributed by atoms with Crippen molar-refractivity contribution in [1.29, 1.82) is 0 Å². The van der Waals surface area contributed by atoms with Gasteiger partial charge in [0.25, 0.3) is 0 Å². The van der Waals surface area contributed by atoms with Crippen molar-refractivity contribution in [2.45, 2.75) is 0 Å². The third kappa shape index (κ3) is 3.69. The largest absolute Gasteiger partial charge is 0.504 e. The van der Waals surface area contributed by atoms with Gasteiger partial charge in [-0.3, -0.25) is 0 Å². The molecule has 2 rings (SSSR count). The van der Waals surface area contributed by atoms with Gasteiger partial charge < -0.3 is 19.3 Å². The van der Waals surface area contributed by atoms with Crippen molar-refractivity contribution < 1.29 is 19.3 Å². The van der Waals surface area contributed by atoms with E-state index < -0.39 is 0 Å². The maximum atomic E-state index is 9.75. The van der Waals surface area contributed by atoms with E-state index >= 15 is 0 Å². The normalized spacial score (nSPS) is 10.6. The molecular weight excluding hydrogens is 268 g/mol. The van der Waals surface area contributed by atoms with Crippen LogP contribution in [-0.4, -0.2) is 26.4 Å². The molecule has 0 heterocycles. The van der Waals surface area contributed by atoms with Crippen LogP contribution < -0.4 is 14.2 Å². The Morgan fingerprint density at radius 1 is 0.762 bits per heavy atom. The summed E-state index contributed by atoms with van der Waals surface area (Å²) in [6, 6.07) is 10.9. The summed E-state index contributed by atoms with van der Waals surface area (Å²) in [5.41, 5.74) is 1.82. The third-order valence-corrected chi connectivity index (χ3v) is 3.04. The van der Waals surface area contributed by atoms with Gasteiger partial charge in [0.05, 0.1) is 21.3 Å². The van der Waals surface area contributed by atoms with Crippen LogP contribution in [0, 0.1) is 0 Å². The number of benzene rings is 2. The van der Waals surface area contributed by atoms with Gasteiger partial charge in [0.15, 0.2) is 11.5 Å². The van der Waals surface area contributed by atoms with E-state index in [0.717, 1.165) is 22.6 Å². The predicted octanol–water partition coefficient (Wildman–Crippen LogP) is 3.59. The van der Waals surface area contributed by atoms with Crippen molar-refractivity contribution in [3.63, 3.8) is 0 Å². The molecule has 4 nitrogen and oxygen atoms in total. The Kier molecular flexibility index (Phi) is 4.72. The number of phenolic OH excluding ortho intramolecular Hbond substituents is 1. The summed E-state index contributed by atoms with van der Waals surface area (Å²) < 4.78 is 15.5. The first-order valence-corrected chi connectivity index (χ1v) is 6.44. The summed E-state index contributed by atoms with van der Waals surface area (Å²) in [5, 5.41) is 9.75. The lowest BCUT2D eigenvalue weighted by molar-refractivity contribution is 0.373. The highest BCUT2D eigenvalue weighted by Crippen LogP contribution is 2.28. The standard InChI is InChI=1S/C17H18O4/c1-19-14-8-13(9-15(11-14)20-2)5-4-12-6-7-17(21-3)16(18)10-12/h4-11,18H,1-3H3/b5-4-. The lowest BCUT2D eigenvalue weighted by Crippen LogP contribution is -1.88. The van der Waals surface area contributed by atoms with Crippen LogP contribution in [0.2, 0.25) is 0 Å². The van der Waals surface area contributed by atoms with E-state index in [9.17, 15) is 5.11 Å². The minimum absolute atomic E-state index is 0.114. The van der Waals surface area contributed by atoms with E-state index in [1.165, 1.54) is 7.11 Å². The quantitative estimate of drug-likeness (QED) is 0.853. The molecule has 1 N–H and O–H groups in total. The number of ether oxygens (including phenoxy) is 3. The van der Waals surface area contributed by atoms with Crippen molar-refractivity contribution in [3.05, 3.63) is 47.5 Å². The molecule has 4 heteroatoms. The molecule has 2 aromatic rings. The van der Waals surface area contributed by atoms with Crippen molar-refractivity contribution in [1.82, 2.24) is 0 Å². The van der Waals surface area contributed by atoms with Gasteiger partial charge in [0.1, 0.15) is 11.5 Å². The van der Waals surface area contributed by atoms with Crippen LogP contribution in [0.15, 0.2) is 36.4 Å². The molecule has 0 saturated heterocycles. The molecule has 0 aliphatic heterocycles. The number of hydrogen-bond donors (Lipinski definition) is 1. The predicted molar refractivity (Wildman–Crippen MR) is 83.1 cm³/mol. The van der Waals surface area contributed by atoms with E-state index in [-0.39, 0.29) is 5.75 Å². The highest BCUT2D eigenvalue weighted by molar-refractivity contribution is 5.72. The fourth-order valence-corrected chi connectivity index (χ4v) is 1.93. The molecule has 0 aliphatic carbocycles. The zero-order chi connectivity index (χ0) is 15.2. The Hall–Kier alpha value is -2.62. The summed E-state index contributed by atoms with van der Waals surface area (Å²) in [6.07, 6.45) is 3.82. The van der Waals surface area contributed by atoms with Gasteiger partial charge >= 0.3 is 0 Å². The van der Waals surface area contributed by atoms with Crippen molar-refractivity contribution in [2.75, 3.05) is 21.3 Å². The lowest BCUT2D eigenvalue weighted by Gasteiger charge is -2.06. The molecule has 0 unspecified atom stereocenters. The first-order chi connectivity index (χ1) is 10.2. The smallest absolute Gasteiger partial charge is 0.160 e. The molecule has 21 heavy (non-hydrogen) atoms. The van der Waals surface area contributed by atoms with Crippen LogP contribution in [0.3, 0.4) is 0 Å². The summed E-state index contributed by atoms with van der Waals surface area (Å²) in [6.45, 7) is 0. The Balaban J connectivity index is 2.26. The summed E-state index contributed by atoms with van der Waals surface area (Å²) >= 11 is 0. The molecule has 2 aromatic carbocycles. The van der Waals surface area contributed by atoms with Gasteiger partial charge in [0.2, 0.25) is 0 Å². The monoisotopic (exact) mass is 286 g/mol. The molecule has 0 atom stereocenters. The molecule has 0 aliphatic rings. The Morgan fingerprint density at radius 2 is 1.38 bits per heavy atom. The topological polar surface area (TPSA) is 47.9 Å². The number of rotatable bonds is 5. The highest BCUT2D eigenvalue weighted by Gasteiger charge is 2.02. The minimum Gasteiger partial charge on any atom is -0.504 e. The van der Waals surface area contributed by atoms with Crippen molar-refractivity contribution >= 4 is 12.2 Å². The Labute approximate surface area is 124 Å². The second-order valence-corrected chi connectivity index (χ2v) is 4.41. The molecule has 0 saturated carbocycles. The average molecular weight is 286 g/mol. The third-order valence-electron chi connectivity index (χ3n) is 3.04. The molecular formula is C17H18O4. The molecule has 0 fully saturated rings. The summed E-state index contributed by atoms with van der Waals surface area (Å²) in [5.74, 6) is 2.02. The molecule has 110 valence electrons. The van der Waals surface area contributed by atoms with E-state index in [2.05, 4.69) is 0 Å². The Bertz CT molecular complexity index is 625. The van der Waals surface area contributed by atoms with E-state index in [1.807, 2.05) is 36.4 Å². The van der Waals surface area contributed by atoms with Gasteiger partial charge in [-0.25, -0.2) is 0 Å². The molecule has 0 bridgehead atoms. The van der Waals surface area contributed by atoms with Gasteiger partial charge in [-0.15, -0.1) is 0 Å². The van der Waals surface area contributed by atoms with Gasteiger partial charge in [-0.1, -0.05) is 18.2 Å². The number of aromatic hydroxyl groups is 1. The fourth-order valence-electron chi connectivity index (χ4n) is 1.93. The molecule has 0 spiro atoms. The van der Waals surface area contributed by atoms with Gasteiger partial charge in [-0.05, 0) is 35.4 Å². The van der Waals surface area contributed by atoms with E-state index in [4.69, 9.17) is 14.2 Å². The van der Waals surface area contributed by atoms with Crippen LogP contribution in [0.1, 0.15) is 11.1 Å². The molecule has 0 radical (unpaired) electrons. The second-order valence-electron chi connectivity index (χ2n) is 4.41. The van der Waals surface area contributed by atoms with Crippen molar-refractivity contribution in [3.8, 4) is 23.0 Å². The zero-order valence-electron chi connectivity index (χ0n) is 12.3. The molecule has 0 aromatic heterocycles. The Morgan fingerprint density at radius 3 is 1.90 bits per heavy atom. The first-order valence-electron chi connectivity index (χ1n) is 6.44. The summed E-state index contributed by atoms with van der Waals surface area (Å²) in [4.78, 5) is 0. The minimum atomic E-state index is 0.114. The maximum absolute atomic E-state index is 9.75.